The molecule has 0 radical (unpaired) electrons. The maximum atomic E-state index is 12.9. The van der Waals surface area contributed by atoms with Gasteiger partial charge in [0.1, 0.15) is 29.4 Å². The molecule has 1 aromatic heterocycles. The summed E-state index contributed by atoms with van der Waals surface area (Å²) >= 11 is 0. The van der Waals surface area contributed by atoms with Crippen molar-refractivity contribution in [3.8, 4) is 5.75 Å². The number of anilines is 1. The number of benzene rings is 1. The zero-order valence-electron chi connectivity index (χ0n) is 15.6. The highest BCUT2D eigenvalue weighted by Crippen LogP contribution is 2.32. The van der Waals surface area contributed by atoms with Crippen LogP contribution in [0.15, 0.2) is 34.7 Å². The highest BCUT2D eigenvalue weighted by molar-refractivity contribution is 6.10. The van der Waals surface area contributed by atoms with Crippen LogP contribution in [0.2, 0.25) is 0 Å². The summed E-state index contributed by atoms with van der Waals surface area (Å²) in [5.41, 5.74) is -0.146. The minimum atomic E-state index is -1.26. The quantitative estimate of drug-likeness (QED) is 0.786. The van der Waals surface area contributed by atoms with Crippen LogP contribution in [-0.4, -0.2) is 36.4 Å². The molecule has 1 saturated heterocycles. The van der Waals surface area contributed by atoms with E-state index in [0.29, 0.717) is 28.5 Å². The van der Waals surface area contributed by atoms with Crippen molar-refractivity contribution >= 4 is 23.5 Å². The third-order valence-corrected chi connectivity index (χ3v) is 4.53. The second-order valence-corrected chi connectivity index (χ2v) is 6.55. The first-order valence-corrected chi connectivity index (χ1v) is 8.40. The number of furan rings is 1. The van der Waals surface area contributed by atoms with Crippen molar-refractivity contribution in [3.05, 3.63) is 47.4 Å². The maximum absolute atomic E-state index is 12.9. The molecule has 0 aliphatic carbocycles. The average Bonchev–Trinajstić information content (AvgIpc) is 3.07. The Morgan fingerprint density at radius 2 is 1.93 bits per heavy atom. The Morgan fingerprint density at radius 3 is 2.48 bits per heavy atom. The summed E-state index contributed by atoms with van der Waals surface area (Å²) in [6.45, 7) is 4.71. The summed E-state index contributed by atoms with van der Waals surface area (Å²) in [6, 6.07) is 7.84. The van der Waals surface area contributed by atoms with Crippen LogP contribution in [0.1, 0.15) is 24.0 Å². The summed E-state index contributed by atoms with van der Waals surface area (Å²) in [5, 5.41) is 5.32. The number of aryl methyl sites for hydroxylation is 2. The molecule has 1 aliphatic heterocycles. The highest BCUT2D eigenvalue weighted by atomic mass is 16.5. The molecule has 1 aromatic carbocycles. The zero-order valence-corrected chi connectivity index (χ0v) is 15.6. The maximum Gasteiger partial charge on any atom is 0.325 e. The lowest BCUT2D eigenvalue weighted by Crippen LogP contribution is -2.42. The Balaban J connectivity index is 1.73. The summed E-state index contributed by atoms with van der Waals surface area (Å²) < 4.78 is 10.5. The first-order chi connectivity index (χ1) is 12.7. The van der Waals surface area contributed by atoms with Gasteiger partial charge in [-0.1, -0.05) is 0 Å². The van der Waals surface area contributed by atoms with Crippen molar-refractivity contribution in [1.82, 2.24) is 10.2 Å². The fraction of sp³-hybridized carbons (Fsp3) is 0.316. The molecule has 0 bridgehead atoms. The van der Waals surface area contributed by atoms with Crippen molar-refractivity contribution in [2.45, 2.75) is 26.3 Å². The summed E-state index contributed by atoms with van der Waals surface area (Å²) in [4.78, 5) is 38.4. The van der Waals surface area contributed by atoms with Gasteiger partial charge >= 0.3 is 6.03 Å². The molecule has 1 atom stereocenters. The van der Waals surface area contributed by atoms with E-state index in [1.807, 2.05) is 0 Å². The SMILES string of the molecule is COc1ccc(NC(=O)CN2C(=O)N[C@@](C)(c3cc(C)oc3C)C2=O)cc1. The van der Waals surface area contributed by atoms with Crippen LogP contribution in [0.4, 0.5) is 10.5 Å². The third-order valence-electron chi connectivity index (χ3n) is 4.53. The molecular formula is C19H21N3O5. The lowest BCUT2D eigenvalue weighted by molar-refractivity contribution is -0.133. The molecule has 0 spiro atoms. The Kier molecular flexibility index (Phi) is 4.65. The lowest BCUT2D eigenvalue weighted by Gasteiger charge is -2.21. The smallest absolute Gasteiger partial charge is 0.325 e. The van der Waals surface area contributed by atoms with E-state index < -0.39 is 23.4 Å². The normalized spacial score (nSPS) is 19.2. The number of carbonyl (C=O) groups is 3. The number of methoxy groups -OCH3 is 1. The van der Waals surface area contributed by atoms with Gasteiger partial charge in [0, 0.05) is 11.3 Å². The Labute approximate surface area is 156 Å². The average molecular weight is 371 g/mol. The van der Waals surface area contributed by atoms with Gasteiger partial charge in [-0.25, -0.2) is 4.79 Å². The standard InChI is InChI=1S/C19H21N3O5/c1-11-9-15(12(2)27-11)19(3)17(24)22(18(25)21-19)10-16(23)20-13-5-7-14(26-4)8-6-13/h5-9H,10H2,1-4H3,(H,20,23)(H,21,25)/t19-/m0/s1. The van der Waals surface area contributed by atoms with Gasteiger partial charge in [-0.15, -0.1) is 0 Å². The van der Waals surface area contributed by atoms with Gasteiger partial charge in [0.2, 0.25) is 5.91 Å². The molecule has 8 heteroatoms. The minimum absolute atomic E-state index is 0.387. The van der Waals surface area contributed by atoms with E-state index in [2.05, 4.69) is 10.6 Å². The molecular weight excluding hydrogens is 350 g/mol. The number of nitrogens with zero attached hydrogens (tertiary/aromatic N) is 1. The highest BCUT2D eigenvalue weighted by Gasteiger charge is 2.51. The summed E-state index contributed by atoms with van der Waals surface area (Å²) in [7, 11) is 1.55. The number of nitrogens with one attached hydrogen (secondary N) is 2. The number of urea groups is 1. The van der Waals surface area contributed by atoms with Gasteiger partial charge in [-0.2, -0.15) is 0 Å². The van der Waals surface area contributed by atoms with Gasteiger partial charge in [-0.05, 0) is 51.1 Å². The van der Waals surface area contributed by atoms with Crippen LogP contribution >= 0.6 is 0 Å². The van der Waals surface area contributed by atoms with Crippen LogP contribution in [-0.2, 0) is 15.1 Å². The van der Waals surface area contributed by atoms with E-state index in [-0.39, 0.29) is 6.54 Å². The first kappa shape index (κ1) is 18.5. The largest absolute Gasteiger partial charge is 0.497 e. The second kappa shape index (κ2) is 6.79. The monoisotopic (exact) mass is 371 g/mol. The van der Waals surface area contributed by atoms with Gasteiger partial charge < -0.3 is 19.8 Å². The van der Waals surface area contributed by atoms with E-state index in [1.165, 1.54) is 0 Å². The van der Waals surface area contributed by atoms with Crippen LogP contribution in [0.25, 0.3) is 0 Å². The molecule has 0 unspecified atom stereocenters. The van der Waals surface area contributed by atoms with Crippen LogP contribution in [0.5, 0.6) is 5.75 Å². The van der Waals surface area contributed by atoms with Gasteiger partial charge in [0.05, 0.1) is 7.11 Å². The van der Waals surface area contributed by atoms with Gasteiger partial charge in [0.25, 0.3) is 5.91 Å². The number of ether oxygens (including phenoxy) is 1. The predicted octanol–water partition coefficient (Wildman–Crippen LogP) is 2.31. The number of carbonyl (C=O) groups excluding carboxylic acids is 3. The first-order valence-electron chi connectivity index (χ1n) is 8.40. The van der Waals surface area contributed by atoms with Crippen molar-refractivity contribution in [1.29, 1.82) is 0 Å². The molecule has 4 amide bonds. The van der Waals surface area contributed by atoms with E-state index in [0.717, 1.165) is 4.90 Å². The molecule has 1 aliphatic rings. The second-order valence-electron chi connectivity index (χ2n) is 6.55. The lowest BCUT2D eigenvalue weighted by atomic mass is 9.92. The number of rotatable bonds is 5. The van der Waals surface area contributed by atoms with Crippen molar-refractivity contribution in [3.63, 3.8) is 0 Å². The number of hydrogen-bond donors (Lipinski definition) is 2. The molecule has 1 fully saturated rings. The van der Waals surface area contributed by atoms with Crippen molar-refractivity contribution in [2.24, 2.45) is 0 Å². The molecule has 142 valence electrons. The fourth-order valence-electron chi connectivity index (χ4n) is 3.17. The molecule has 2 heterocycles. The van der Waals surface area contributed by atoms with E-state index in [9.17, 15) is 14.4 Å². The van der Waals surface area contributed by atoms with Crippen molar-refractivity contribution < 1.29 is 23.5 Å². The molecule has 2 N–H and O–H groups in total. The Bertz CT molecular complexity index is 903. The van der Waals surface area contributed by atoms with Crippen LogP contribution < -0.4 is 15.4 Å². The van der Waals surface area contributed by atoms with Crippen molar-refractivity contribution in [2.75, 3.05) is 19.0 Å². The topological polar surface area (TPSA) is 101 Å². The molecule has 0 saturated carbocycles. The number of hydrogen-bond acceptors (Lipinski definition) is 5. The summed E-state index contributed by atoms with van der Waals surface area (Å²) in [6.07, 6.45) is 0. The van der Waals surface area contributed by atoms with Crippen LogP contribution in [0.3, 0.4) is 0 Å². The Morgan fingerprint density at radius 1 is 1.26 bits per heavy atom. The van der Waals surface area contributed by atoms with Gasteiger partial charge in [-0.3, -0.25) is 14.5 Å². The molecule has 3 rings (SSSR count). The molecule has 27 heavy (non-hydrogen) atoms. The fourth-order valence-corrected chi connectivity index (χ4v) is 3.17. The number of imide groups is 1. The molecule has 8 nitrogen and oxygen atoms in total. The van der Waals surface area contributed by atoms with Crippen LogP contribution in [0, 0.1) is 13.8 Å². The van der Waals surface area contributed by atoms with E-state index in [4.69, 9.17) is 9.15 Å². The molecule has 2 aromatic rings. The summed E-state index contributed by atoms with van der Waals surface area (Å²) in [5.74, 6) is 0.868. The zero-order chi connectivity index (χ0) is 19.8. The Hall–Kier alpha value is -3.29. The van der Waals surface area contributed by atoms with Gasteiger partial charge in [0.15, 0.2) is 0 Å². The van der Waals surface area contributed by atoms with E-state index in [1.54, 1.807) is 58.2 Å². The predicted molar refractivity (Wildman–Crippen MR) is 97.4 cm³/mol. The number of amides is 4. The van der Waals surface area contributed by atoms with E-state index >= 15 is 0 Å². The third kappa shape index (κ3) is 3.38. The minimum Gasteiger partial charge on any atom is -0.497 e.